The zero-order chi connectivity index (χ0) is 19.0. The van der Waals surface area contributed by atoms with Gasteiger partial charge < -0.3 is 19.7 Å². The van der Waals surface area contributed by atoms with E-state index in [9.17, 15) is 4.79 Å². The molecule has 0 saturated carbocycles. The van der Waals surface area contributed by atoms with E-state index in [2.05, 4.69) is 16.4 Å². The Morgan fingerprint density at radius 2 is 2.18 bits per heavy atom. The van der Waals surface area contributed by atoms with Gasteiger partial charge in [0, 0.05) is 17.6 Å². The fraction of sp³-hybridized carbons (Fsp3) is 0.524. The molecule has 0 bridgehead atoms. The summed E-state index contributed by atoms with van der Waals surface area (Å²) in [5.41, 5.74) is 1.99. The molecule has 2 aromatic heterocycles. The van der Waals surface area contributed by atoms with E-state index in [1.54, 1.807) is 17.5 Å². The van der Waals surface area contributed by atoms with Crippen molar-refractivity contribution in [1.29, 1.82) is 0 Å². The topological polar surface area (TPSA) is 63.7 Å². The van der Waals surface area contributed by atoms with E-state index in [0.717, 1.165) is 49.5 Å². The summed E-state index contributed by atoms with van der Waals surface area (Å²) in [6, 6.07) is 7.92. The van der Waals surface area contributed by atoms with Gasteiger partial charge >= 0.3 is 0 Å². The van der Waals surface area contributed by atoms with Crippen LogP contribution in [0.15, 0.2) is 30.5 Å². The average molecular weight is 400 g/mol. The molecule has 5 rings (SSSR count). The number of morpholine rings is 1. The molecule has 5 heterocycles. The molecule has 6 nitrogen and oxygen atoms in total. The zero-order valence-corrected chi connectivity index (χ0v) is 16.7. The average Bonchev–Trinajstić information content (AvgIpc) is 3.21. The lowest BCUT2D eigenvalue weighted by molar-refractivity contribution is -0.0771. The summed E-state index contributed by atoms with van der Waals surface area (Å²) in [5.74, 6) is 0.104. The summed E-state index contributed by atoms with van der Waals surface area (Å²) in [5, 5.41) is 3.42. The van der Waals surface area contributed by atoms with E-state index in [1.165, 1.54) is 10.4 Å². The number of hydrogen-bond acceptors (Lipinski definition) is 6. The quantitative estimate of drug-likeness (QED) is 0.841. The number of nitrogens with zero attached hydrogens (tertiary/aromatic N) is 2. The Hall–Kier alpha value is -1.80. The van der Waals surface area contributed by atoms with Crippen molar-refractivity contribution in [1.82, 2.24) is 15.2 Å². The maximum atomic E-state index is 13.3. The van der Waals surface area contributed by atoms with Gasteiger partial charge in [-0.1, -0.05) is 6.07 Å². The van der Waals surface area contributed by atoms with Crippen LogP contribution in [0.1, 0.15) is 44.8 Å². The third-order valence-corrected chi connectivity index (χ3v) is 7.32. The summed E-state index contributed by atoms with van der Waals surface area (Å²) >= 11 is 1.64. The summed E-state index contributed by atoms with van der Waals surface area (Å²) in [7, 11) is 0. The molecule has 3 aliphatic heterocycles. The molecule has 1 atom stereocenters. The van der Waals surface area contributed by atoms with Crippen molar-refractivity contribution in [2.75, 3.05) is 39.4 Å². The standard InChI is InChI=1S/C21H25N3O3S/c25-20(24-10-12-26-17(14-24)16-3-1-2-7-23-16)18-13-15-4-11-27-21(19(15)28-18)5-8-22-9-6-21/h1-3,7,13,17,22H,4-6,8-12,14H2. The number of carbonyl (C=O) groups excluding carboxylic acids is 1. The number of pyridine rings is 1. The van der Waals surface area contributed by atoms with Crippen LogP contribution in [0.25, 0.3) is 0 Å². The number of rotatable bonds is 2. The lowest BCUT2D eigenvalue weighted by Gasteiger charge is -2.40. The largest absolute Gasteiger partial charge is 0.369 e. The molecule has 0 radical (unpaired) electrons. The molecular formula is C21H25N3O3S. The Bertz CT molecular complexity index is 848. The molecule has 0 aliphatic carbocycles. The molecule has 7 heteroatoms. The number of carbonyl (C=O) groups is 1. The second kappa shape index (κ2) is 7.55. The minimum atomic E-state index is -0.191. The van der Waals surface area contributed by atoms with Gasteiger partial charge in [0.2, 0.25) is 0 Å². The van der Waals surface area contributed by atoms with Crippen LogP contribution in [0.4, 0.5) is 0 Å². The predicted octanol–water partition coefficient (Wildman–Crippen LogP) is 2.51. The van der Waals surface area contributed by atoms with Crippen molar-refractivity contribution in [3.8, 4) is 0 Å². The van der Waals surface area contributed by atoms with Crippen LogP contribution in [0.5, 0.6) is 0 Å². The third kappa shape index (κ3) is 3.26. The smallest absolute Gasteiger partial charge is 0.264 e. The van der Waals surface area contributed by atoms with Crippen molar-refractivity contribution < 1.29 is 14.3 Å². The molecule has 3 aliphatic rings. The summed E-state index contributed by atoms with van der Waals surface area (Å²) in [6.07, 6.45) is 4.47. The minimum absolute atomic E-state index is 0.104. The zero-order valence-electron chi connectivity index (χ0n) is 15.9. The summed E-state index contributed by atoms with van der Waals surface area (Å²) in [6.45, 7) is 4.39. The molecule has 2 aromatic rings. The normalized spacial score (nSPS) is 24.1. The summed E-state index contributed by atoms with van der Waals surface area (Å²) < 4.78 is 12.1. The first-order chi connectivity index (χ1) is 13.8. The fourth-order valence-corrected chi connectivity index (χ4v) is 5.84. The first-order valence-corrected chi connectivity index (χ1v) is 10.9. The molecular weight excluding hydrogens is 374 g/mol. The molecule has 2 saturated heterocycles. The van der Waals surface area contributed by atoms with Crippen molar-refractivity contribution in [2.45, 2.75) is 31.0 Å². The number of hydrogen-bond donors (Lipinski definition) is 1. The SMILES string of the molecule is O=C(c1cc2c(s1)C1(CCNCC1)OCC2)N1CCOC(c2ccccn2)C1. The van der Waals surface area contributed by atoms with Crippen LogP contribution in [-0.4, -0.2) is 55.2 Å². The lowest BCUT2D eigenvalue weighted by Crippen LogP contribution is -2.44. The number of piperidine rings is 1. The molecule has 0 aromatic carbocycles. The van der Waals surface area contributed by atoms with Gasteiger partial charge in [0.15, 0.2) is 0 Å². The summed E-state index contributed by atoms with van der Waals surface area (Å²) in [4.78, 5) is 21.7. The first kappa shape index (κ1) is 18.2. The maximum Gasteiger partial charge on any atom is 0.264 e. The molecule has 2 fully saturated rings. The maximum absolute atomic E-state index is 13.3. The second-order valence-corrected chi connectivity index (χ2v) is 8.73. The van der Waals surface area contributed by atoms with Gasteiger partial charge in [0.25, 0.3) is 5.91 Å². The Morgan fingerprint density at radius 3 is 3.00 bits per heavy atom. The van der Waals surface area contributed by atoms with Crippen molar-refractivity contribution in [3.05, 3.63) is 51.5 Å². The third-order valence-electron chi connectivity index (χ3n) is 5.97. The van der Waals surface area contributed by atoms with Crippen molar-refractivity contribution in [2.24, 2.45) is 0 Å². The van der Waals surface area contributed by atoms with Crippen LogP contribution in [0.2, 0.25) is 0 Å². The number of thiophene rings is 1. The molecule has 1 spiro atoms. The highest BCUT2D eigenvalue weighted by Gasteiger charge is 2.41. The Kier molecular flexibility index (Phi) is 4.92. The highest BCUT2D eigenvalue weighted by molar-refractivity contribution is 7.14. The van der Waals surface area contributed by atoms with Gasteiger partial charge in [0.05, 0.1) is 30.3 Å². The molecule has 1 N–H and O–H groups in total. The van der Waals surface area contributed by atoms with E-state index in [0.29, 0.717) is 19.7 Å². The van der Waals surface area contributed by atoms with Crippen LogP contribution >= 0.6 is 11.3 Å². The highest BCUT2D eigenvalue weighted by atomic mass is 32.1. The van der Waals surface area contributed by atoms with E-state index >= 15 is 0 Å². The highest BCUT2D eigenvalue weighted by Crippen LogP contribution is 2.44. The van der Waals surface area contributed by atoms with Crippen LogP contribution in [-0.2, 0) is 21.5 Å². The van der Waals surface area contributed by atoms with Gasteiger partial charge in [-0.15, -0.1) is 11.3 Å². The van der Waals surface area contributed by atoms with E-state index in [4.69, 9.17) is 9.47 Å². The van der Waals surface area contributed by atoms with E-state index in [-0.39, 0.29) is 17.6 Å². The Labute approximate surface area is 168 Å². The predicted molar refractivity (Wildman–Crippen MR) is 107 cm³/mol. The first-order valence-electron chi connectivity index (χ1n) is 10.0. The molecule has 1 amide bonds. The number of amides is 1. The monoisotopic (exact) mass is 399 g/mol. The van der Waals surface area contributed by atoms with Crippen LogP contribution < -0.4 is 5.32 Å². The van der Waals surface area contributed by atoms with Gasteiger partial charge in [-0.05, 0) is 56.1 Å². The number of fused-ring (bicyclic) bond motifs is 2. The van der Waals surface area contributed by atoms with Gasteiger partial charge in [0.1, 0.15) is 11.7 Å². The van der Waals surface area contributed by atoms with Crippen LogP contribution in [0.3, 0.4) is 0 Å². The van der Waals surface area contributed by atoms with Crippen LogP contribution in [0, 0.1) is 0 Å². The lowest BCUT2D eigenvalue weighted by atomic mass is 9.86. The van der Waals surface area contributed by atoms with Crippen molar-refractivity contribution in [3.63, 3.8) is 0 Å². The number of ether oxygens (including phenoxy) is 2. The second-order valence-electron chi connectivity index (χ2n) is 7.67. The minimum Gasteiger partial charge on any atom is -0.369 e. The number of nitrogens with one attached hydrogen (secondary N) is 1. The van der Waals surface area contributed by atoms with E-state index < -0.39 is 0 Å². The van der Waals surface area contributed by atoms with Gasteiger partial charge in [-0.2, -0.15) is 0 Å². The Balaban J connectivity index is 1.37. The van der Waals surface area contributed by atoms with E-state index in [1.807, 2.05) is 23.1 Å². The molecule has 28 heavy (non-hydrogen) atoms. The Morgan fingerprint density at radius 1 is 1.29 bits per heavy atom. The molecule has 148 valence electrons. The van der Waals surface area contributed by atoms with Gasteiger partial charge in [-0.3, -0.25) is 9.78 Å². The van der Waals surface area contributed by atoms with Crippen molar-refractivity contribution >= 4 is 17.2 Å². The number of aromatic nitrogens is 1. The molecule has 1 unspecified atom stereocenters. The fourth-order valence-electron chi connectivity index (χ4n) is 4.46. The van der Waals surface area contributed by atoms with Gasteiger partial charge in [-0.25, -0.2) is 0 Å².